The Balaban J connectivity index is 1.87. The molecule has 0 saturated carbocycles. The summed E-state index contributed by atoms with van der Waals surface area (Å²) >= 11 is 7.40. The van der Waals surface area contributed by atoms with Crippen molar-refractivity contribution in [2.75, 3.05) is 5.75 Å². The highest BCUT2D eigenvalue weighted by Crippen LogP contribution is 2.26. The van der Waals surface area contributed by atoms with E-state index in [9.17, 15) is 4.79 Å². The molecule has 0 saturated heterocycles. The highest BCUT2D eigenvalue weighted by atomic mass is 35.5. The zero-order valence-corrected chi connectivity index (χ0v) is 17.7. The highest BCUT2D eigenvalue weighted by molar-refractivity contribution is 7.99. The maximum Gasteiger partial charge on any atom is 0.230 e. The average molecular weight is 415 g/mol. The maximum absolute atomic E-state index is 12.2. The van der Waals surface area contributed by atoms with Gasteiger partial charge in [-0.15, -0.1) is 10.2 Å². The number of halogens is 1. The van der Waals surface area contributed by atoms with Gasteiger partial charge in [0, 0.05) is 16.1 Å². The van der Waals surface area contributed by atoms with E-state index in [-0.39, 0.29) is 17.2 Å². The number of hydrogen-bond donors (Lipinski definition) is 1. The lowest BCUT2D eigenvalue weighted by atomic mass is 10.1. The third kappa shape index (κ3) is 5.59. The van der Waals surface area contributed by atoms with Crippen molar-refractivity contribution in [1.82, 2.24) is 20.1 Å². The Kier molecular flexibility index (Phi) is 6.42. The molecule has 0 unspecified atom stereocenters. The van der Waals surface area contributed by atoms with E-state index in [0.717, 1.165) is 17.0 Å². The first-order valence-corrected chi connectivity index (χ1v) is 10.3. The molecule has 1 amide bonds. The summed E-state index contributed by atoms with van der Waals surface area (Å²) < 4.78 is 2.04. The van der Waals surface area contributed by atoms with Gasteiger partial charge in [-0.2, -0.15) is 0 Å². The molecule has 0 fully saturated rings. The summed E-state index contributed by atoms with van der Waals surface area (Å²) in [5.41, 5.74) is 1.81. The molecule has 0 spiro atoms. The number of amides is 1. The van der Waals surface area contributed by atoms with E-state index < -0.39 is 0 Å². The molecular weight excluding hydrogens is 392 g/mol. The largest absolute Gasteiger partial charge is 0.351 e. The first kappa shape index (κ1) is 20.4. The minimum atomic E-state index is -0.260. The summed E-state index contributed by atoms with van der Waals surface area (Å²) in [6, 6.07) is 17.6. The summed E-state index contributed by atoms with van der Waals surface area (Å²) in [5, 5.41) is 13.1. The number of benzene rings is 2. The van der Waals surface area contributed by atoms with Crippen LogP contribution in [0.4, 0.5) is 0 Å². The number of thioether (sulfide) groups is 1. The fourth-order valence-corrected chi connectivity index (χ4v) is 3.56. The third-order valence-corrected chi connectivity index (χ3v) is 5.07. The van der Waals surface area contributed by atoms with Gasteiger partial charge in [0.2, 0.25) is 5.91 Å². The van der Waals surface area contributed by atoms with Crippen LogP contribution in [0.2, 0.25) is 5.02 Å². The van der Waals surface area contributed by atoms with Gasteiger partial charge in [-0.25, -0.2) is 0 Å². The second-order valence-electron chi connectivity index (χ2n) is 7.47. The zero-order chi connectivity index (χ0) is 20.1. The van der Waals surface area contributed by atoms with E-state index in [0.29, 0.717) is 16.7 Å². The Morgan fingerprint density at radius 1 is 1.07 bits per heavy atom. The van der Waals surface area contributed by atoms with Crippen molar-refractivity contribution < 1.29 is 4.79 Å². The number of aromatic nitrogens is 3. The van der Waals surface area contributed by atoms with Gasteiger partial charge in [0.1, 0.15) is 0 Å². The number of nitrogens with zero attached hydrogens (tertiary/aromatic N) is 3. The van der Waals surface area contributed by atoms with Gasteiger partial charge in [-0.3, -0.25) is 9.36 Å². The van der Waals surface area contributed by atoms with Crippen LogP contribution < -0.4 is 5.32 Å². The van der Waals surface area contributed by atoms with Crippen molar-refractivity contribution in [3.05, 3.63) is 65.2 Å². The normalized spacial score (nSPS) is 11.4. The summed E-state index contributed by atoms with van der Waals surface area (Å²) in [5.74, 6) is 1.00. The molecule has 1 N–H and O–H groups in total. The van der Waals surface area contributed by atoms with Crippen molar-refractivity contribution in [1.29, 1.82) is 0 Å². The summed E-state index contributed by atoms with van der Waals surface area (Å²) in [4.78, 5) is 12.2. The second-order valence-corrected chi connectivity index (χ2v) is 8.85. The molecule has 2 aromatic carbocycles. The zero-order valence-electron chi connectivity index (χ0n) is 16.1. The van der Waals surface area contributed by atoms with E-state index in [1.165, 1.54) is 11.8 Å². The maximum atomic E-state index is 12.2. The van der Waals surface area contributed by atoms with Crippen molar-refractivity contribution in [2.45, 2.75) is 38.0 Å². The molecule has 7 heteroatoms. The molecule has 3 rings (SSSR count). The van der Waals surface area contributed by atoms with Crippen molar-refractivity contribution in [3.63, 3.8) is 0 Å². The monoisotopic (exact) mass is 414 g/mol. The van der Waals surface area contributed by atoms with Crippen LogP contribution in [-0.4, -0.2) is 32.0 Å². The van der Waals surface area contributed by atoms with E-state index in [1.807, 2.05) is 67.8 Å². The summed E-state index contributed by atoms with van der Waals surface area (Å²) in [6.45, 7) is 6.51. The Labute approximate surface area is 174 Å². The van der Waals surface area contributed by atoms with Gasteiger partial charge in [-0.1, -0.05) is 53.7 Å². The summed E-state index contributed by atoms with van der Waals surface area (Å²) in [6.07, 6.45) is 0. The molecule has 146 valence electrons. The number of carbonyl (C=O) groups excluding carboxylic acids is 1. The van der Waals surface area contributed by atoms with E-state index in [2.05, 4.69) is 27.6 Å². The summed E-state index contributed by atoms with van der Waals surface area (Å²) in [7, 11) is 0. The average Bonchev–Trinajstić information content (AvgIpc) is 3.03. The smallest absolute Gasteiger partial charge is 0.230 e. The Hall–Kier alpha value is -2.31. The van der Waals surface area contributed by atoms with Crippen LogP contribution >= 0.6 is 23.4 Å². The molecule has 0 aliphatic carbocycles. The van der Waals surface area contributed by atoms with E-state index in [4.69, 9.17) is 11.6 Å². The van der Waals surface area contributed by atoms with Gasteiger partial charge in [-0.05, 0) is 50.6 Å². The second kappa shape index (κ2) is 8.80. The predicted molar refractivity (Wildman–Crippen MR) is 115 cm³/mol. The van der Waals surface area contributed by atoms with Crippen LogP contribution in [-0.2, 0) is 11.3 Å². The first-order chi connectivity index (χ1) is 13.3. The van der Waals surface area contributed by atoms with Crippen LogP contribution in [0.5, 0.6) is 0 Å². The topological polar surface area (TPSA) is 59.8 Å². The van der Waals surface area contributed by atoms with Crippen LogP contribution in [0.15, 0.2) is 59.8 Å². The van der Waals surface area contributed by atoms with Gasteiger partial charge in [0.25, 0.3) is 0 Å². The quantitative estimate of drug-likeness (QED) is 0.596. The molecule has 0 aliphatic heterocycles. The molecule has 0 radical (unpaired) electrons. The molecule has 0 aliphatic rings. The Morgan fingerprint density at radius 3 is 2.39 bits per heavy atom. The molecular formula is C21H23ClN4OS. The van der Waals surface area contributed by atoms with E-state index in [1.54, 1.807) is 0 Å². The Morgan fingerprint density at radius 2 is 1.75 bits per heavy atom. The Bertz CT molecular complexity index is 933. The standard InChI is InChI=1S/C21H23ClN4OS/c1-21(2,3)23-18(27)14-28-20-25-24-19(16-9-11-17(22)12-10-16)26(20)13-15-7-5-4-6-8-15/h4-12H,13-14H2,1-3H3,(H,23,27). The number of rotatable bonds is 6. The fraction of sp³-hybridized carbons (Fsp3) is 0.286. The number of nitrogens with one attached hydrogen (secondary N) is 1. The lowest BCUT2D eigenvalue weighted by molar-refractivity contribution is -0.119. The lowest BCUT2D eigenvalue weighted by Crippen LogP contribution is -2.41. The van der Waals surface area contributed by atoms with Gasteiger partial charge >= 0.3 is 0 Å². The lowest BCUT2D eigenvalue weighted by Gasteiger charge is -2.20. The van der Waals surface area contributed by atoms with Crippen molar-refractivity contribution >= 4 is 29.3 Å². The van der Waals surface area contributed by atoms with Gasteiger partial charge in [0.15, 0.2) is 11.0 Å². The molecule has 0 atom stereocenters. The third-order valence-electron chi connectivity index (χ3n) is 3.85. The predicted octanol–water partition coefficient (Wildman–Crippen LogP) is 4.65. The molecule has 1 heterocycles. The molecule has 1 aromatic heterocycles. The van der Waals surface area contributed by atoms with Gasteiger partial charge < -0.3 is 5.32 Å². The highest BCUT2D eigenvalue weighted by Gasteiger charge is 2.18. The molecule has 3 aromatic rings. The van der Waals surface area contributed by atoms with Crippen LogP contribution in [0.1, 0.15) is 26.3 Å². The molecule has 5 nitrogen and oxygen atoms in total. The number of hydrogen-bond acceptors (Lipinski definition) is 4. The van der Waals surface area contributed by atoms with E-state index >= 15 is 0 Å². The van der Waals surface area contributed by atoms with Crippen LogP contribution in [0, 0.1) is 0 Å². The van der Waals surface area contributed by atoms with Crippen LogP contribution in [0.3, 0.4) is 0 Å². The fourth-order valence-electron chi connectivity index (χ4n) is 2.70. The SMILES string of the molecule is CC(C)(C)NC(=O)CSc1nnc(-c2ccc(Cl)cc2)n1Cc1ccccc1. The van der Waals surface area contributed by atoms with Crippen LogP contribution in [0.25, 0.3) is 11.4 Å². The van der Waals surface area contributed by atoms with Gasteiger partial charge in [0.05, 0.1) is 12.3 Å². The first-order valence-electron chi connectivity index (χ1n) is 8.99. The number of carbonyl (C=O) groups is 1. The minimum absolute atomic E-state index is 0.0280. The van der Waals surface area contributed by atoms with Crippen molar-refractivity contribution in [3.8, 4) is 11.4 Å². The minimum Gasteiger partial charge on any atom is -0.351 e. The molecule has 0 bridgehead atoms. The van der Waals surface area contributed by atoms with Crippen molar-refractivity contribution in [2.24, 2.45) is 0 Å². The molecule has 28 heavy (non-hydrogen) atoms.